The van der Waals surface area contributed by atoms with Crippen molar-refractivity contribution in [2.45, 2.75) is 70.6 Å². The molecule has 4 nitrogen and oxygen atoms in total. The van der Waals surface area contributed by atoms with Gasteiger partial charge < -0.3 is 15.4 Å². The fourth-order valence-corrected chi connectivity index (χ4v) is 3.32. The van der Waals surface area contributed by atoms with Crippen molar-refractivity contribution in [3.63, 3.8) is 0 Å². The highest BCUT2D eigenvalue weighted by atomic mass is 35.5. The monoisotopic (exact) mass is 304 g/mol. The molecule has 5 heteroatoms. The maximum Gasteiger partial charge on any atom is 0.240 e. The topological polar surface area (TPSA) is 50.4 Å². The van der Waals surface area contributed by atoms with E-state index in [9.17, 15) is 4.79 Å². The Morgan fingerprint density at radius 3 is 2.60 bits per heavy atom. The minimum atomic E-state index is -0.179. The van der Waals surface area contributed by atoms with Gasteiger partial charge in [-0.25, -0.2) is 0 Å². The van der Waals surface area contributed by atoms with Crippen LogP contribution in [0.5, 0.6) is 0 Å². The maximum absolute atomic E-state index is 12.2. The summed E-state index contributed by atoms with van der Waals surface area (Å²) in [5.74, 6) is 0.999. The van der Waals surface area contributed by atoms with Crippen LogP contribution in [-0.2, 0) is 9.53 Å². The number of morpholine rings is 1. The predicted octanol–water partition coefficient (Wildman–Crippen LogP) is 2.26. The molecule has 1 aliphatic carbocycles. The molecular formula is C15H29ClN2O2. The molecule has 118 valence electrons. The van der Waals surface area contributed by atoms with E-state index in [2.05, 4.69) is 17.6 Å². The van der Waals surface area contributed by atoms with E-state index in [4.69, 9.17) is 4.74 Å². The number of amides is 1. The Labute approximate surface area is 128 Å². The number of halogens is 1. The molecule has 1 saturated carbocycles. The highest BCUT2D eigenvalue weighted by Crippen LogP contribution is 2.27. The second-order valence-corrected chi connectivity index (χ2v) is 6.02. The van der Waals surface area contributed by atoms with Crippen molar-refractivity contribution in [2.75, 3.05) is 13.2 Å². The first-order valence-corrected chi connectivity index (χ1v) is 7.86. The molecule has 0 unspecified atom stereocenters. The summed E-state index contributed by atoms with van der Waals surface area (Å²) >= 11 is 0. The van der Waals surface area contributed by atoms with Gasteiger partial charge >= 0.3 is 0 Å². The molecule has 2 aliphatic rings. The average Bonchev–Trinajstić information content (AvgIpc) is 2.42. The van der Waals surface area contributed by atoms with Crippen molar-refractivity contribution in [3.8, 4) is 0 Å². The minimum Gasteiger partial charge on any atom is -0.375 e. The van der Waals surface area contributed by atoms with Gasteiger partial charge in [-0.1, -0.05) is 19.8 Å². The quantitative estimate of drug-likeness (QED) is 0.837. The van der Waals surface area contributed by atoms with E-state index in [0.717, 1.165) is 25.3 Å². The minimum absolute atomic E-state index is 0. The summed E-state index contributed by atoms with van der Waals surface area (Å²) in [6.45, 7) is 5.69. The molecule has 2 fully saturated rings. The van der Waals surface area contributed by atoms with E-state index in [1.54, 1.807) is 0 Å². The number of carbonyl (C=O) groups excluding carboxylic acids is 1. The van der Waals surface area contributed by atoms with Crippen LogP contribution in [0.1, 0.15) is 52.4 Å². The lowest BCUT2D eigenvalue weighted by molar-refractivity contribution is -0.129. The molecule has 0 bridgehead atoms. The van der Waals surface area contributed by atoms with Gasteiger partial charge in [-0.05, 0) is 38.5 Å². The number of ether oxygens (including phenoxy) is 1. The summed E-state index contributed by atoms with van der Waals surface area (Å²) in [6.07, 6.45) is 7.41. The number of hydrogen-bond acceptors (Lipinski definition) is 3. The molecule has 0 spiro atoms. The van der Waals surface area contributed by atoms with E-state index in [1.807, 2.05) is 6.92 Å². The van der Waals surface area contributed by atoms with Crippen LogP contribution in [0.4, 0.5) is 0 Å². The zero-order chi connectivity index (χ0) is 13.7. The first-order valence-electron chi connectivity index (χ1n) is 7.86. The van der Waals surface area contributed by atoms with Gasteiger partial charge in [0, 0.05) is 12.6 Å². The fourth-order valence-electron chi connectivity index (χ4n) is 3.32. The maximum atomic E-state index is 12.2. The average molecular weight is 305 g/mol. The Bertz CT molecular complexity index is 294. The number of rotatable bonds is 4. The Hall–Kier alpha value is -0.320. The van der Waals surface area contributed by atoms with Crippen molar-refractivity contribution >= 4 is 18.3 Å². The van der Waals surface area contributed by atoms with Crippen LogP contribution in [0.2, 0.25) is 0 Å². The zero-order valence-corrected chi connectivity index (χ0v) is 13.5. The van der Waals surface area contributed by atoms with Crippen molar-refractivity contribution in [1.29, 1.82) is 0 Å². The van der Waals surface area contributed by atoms with Gasteiger partial charge in [0.05, 0.1) is 12.7 Å². The number of nitrogens with one attached hydrogen (secondary N) is 2. The largest absolute Gasteiger partial charge is 0.375 e. The van der Waals surface area contributed by atoms with Crippen molar-refractivity contribution < 1.29 is 9.53 Å². The smallest absolute Gasteiger partial charge is 0.240 e. The van der Waals surface area contributed by atoms with Crippen LogP contribution in [0.25, 0.3) is 0 Å². The van der Waals surface area contributed by atoms with Gasteiger partial charge in [-0.3, -0.25) is 4.79 Å². The van der Waals surface area contributed by atoms with Crippen LogP contribution in [0.15, 0.2) is 0 Å². The van der Waals surface area contributed by atoms with Gasteiger partial charge in [0.25, 0.3) is 0 Å². The number of hydrogen-bond donors (Lipinski definition) is 2. The Balaban J connectivity index is 0.00000200. The second-order valence-electron chi connectivity index (χ2n) is 6.02. The summed E-state index contributed by atoms with van der Waals surface area (Å²) < 4.78 is 5.53. The van der Waals surface area contributed by atoms with Crippen LogP contribution in [0.3, 0.4) is 0 Å². The SMILES string of the molecule is CCCC1CCC(NC(=O)[C@H]2NCCO[C@@H]2C)CC1.Cl. The van der Waals surface area contributed by atoms with Gasteiger partial charge in [-0.15, -0.1) is 12.4 Å². The highest BCUT2D eigenvalue weighted by Gasteiger charge is 2.30. The lowest BCUT2D eigenvalue weighted by atomic mass is 9.83. The predicted molar refractivity (Wildman–Crippen MR) is 83.2 cm³/mol. The van der Waals surface area contributed by atoms with Crippen LogP contribution in [0, 0.1) is 5.92 Å². The molecule has 2 rings (SSSR count). The first-order chi connectivity index (χ1) is 9.20. The second kappa shape index (κ2) is 8.85. The van der Waals surface area contributed by atoms with E-state index in [0.29, 0.717) is 12.6 Å². The zero-order valence-electron chi connectivity index (χ0n) is 12.7. The normalized spacial score (nSPS) is 34.1. The molecule has 1 aliphatic heterocycles. The summed E-state index contributed by atoms with van der Waals surface area (Å²) in [7, 11) is 0. The third-order valence-electron chi connectivity index (χ3n) is 4.49. The molecular weight excluding hydrogens is 276 g/mol. The lowest BCUT2D eigenvalue weighted by Gasteiger charge is -2.33. The molecule has 1 heterocycles. The van der Waals surface area contributed by atoms with Crippen molar-refractivity contribution in [2.24, 2.45) is 5.92 Å². The Morgan fingerprint density at radius 2 is 2.00 bits per heavy atom. The standard InChI is InChI=1S/C15H28N2O2.ClH/c1-3-4-12-5-7-13(8-6-12)17-15(18)14-11(2)19-10-9-16-14;/h11-14,16H,3-10H2,1-2H3,(H,17,18);1H/t11-,12?,13?,14+;/m1./s1. The summed E-state index contributed by atoms with van der Waals surface area (Å²) in [6, 6.07) is 0.193. The molecule has 2 atom stereocenters. The fraction of sp³-hybridized carbons (Fsp3) is 0.933. The van der Waals surface area contributed by atoms with Crippen molar-refractivity contribution in [3.05, 3.63) is 0 Å². The Kier molecular flexibility index (Phi) is 7.85. The molecule has 20 heavy (non-hydrogen) atoms. The summed E-state index contributed by atoms with van der Waals surface area (Å²) in [4.78, 5) is 12.2. The third kappa shape index (κ3) is 4.90. The highest BCUT2D eigenvalue weighted by molar-refractivity contribution is 5.85. The van der Waals surface area contributed by atoms with E-state index >= 15 is 0 Å². The molecule has 1 saturated heterocycles. The number of carbonyl (C=O) groups is 1. The Morgan fingerprint density at radius 1 is 1.30 bits per heavy atom. The van der Waals surface area contributed by atoms with Gasteiger partial charge in [0.1, 0.15) is 6.04 Å². The van der Waals surface area contributed by atoms with Gasteiger partial charge in [-0.2, -0.15) is 0 Å². The lowest BCUT2D eigenvalue weighted by Crippen LogP contribution is -2.57. The van der Waals surface area contributed by atoms with Crippen LogP contribution >= 0.6 is 12.4 Å². The van der Waals surface area contributed by atoms with Crippen molar-refractivity contribution in [1.82, 2.24) is 10.6 Å². The van der Waals surface area contributed by atoms with Crippen LogP contribution < -0.4 is 10.6 Å². The van der Waals surface area contributed by atoms with Crippen LogP contribution in [-0.4, -0.2) is 37.2 Å². The van der Waals surface area contributed by atoms with E-state index < -0.39 is 0 Å². The first kappa shape index (κ1) is 17.7. The van der Waals surface area contributed by atoms with E-state index in [1.165, 1.54) is 25.7 Å². The van der Waals surface area contributed by atoms with Gasteiger partial charge in [0.2, 0.25) is 5.91 Å². The molecule has 0 aromatic rings. The van der Waals surface area contributed by atoms with E-state index in [-0.39, 0.29) is 30.5 Å². The molecule has 1 amide bonds. The summed E-state index contributed by atoms with van der Waals surface area (Å²) in [5, 5.41) is 6.45. The molecule has 2 N–H and O–H groups in total. The molecule has 0 aromatic carbocycles. The summed E-state index contributed by atoms with van der Waals surface area (Å²) in [5.41, 5.74) is 0. The molecule has 0 aromatic heterocycles. The molecule has 0 radical (unpaired) electrons. The third-order valence-corrected chi connectivity index (χ3v) is 4.49. The van der Waals surface area contributed by atoms with Gasteiger partial charge in [0.15, 0.2) is 0 Å².